The van der Waals surface area contributed by atoms with Crippen LogP contribution in [-0.2, 0) is 6.42 Å². The Labute approximate surface area is 114 Å². The number of hydrogen-bond donors (Lipinski definition) is 0. The molecule has 0 spiro atoms. The van der Waals surface area contributed by atoms with Crippen LogP contribution in [0.4, 0.5) is 0 Å². The van der Waals surface area contributed by atoms with E-state index in [0.29, 0.717) is 5.92 Å². The van der Waals surface area contributed by atoms with Gasteiger partial charge in [0.05, 0.1) is 0 Å². The predicted octanol–water partition coefficient (Wildman–Crippen LogP) is 5.72. The van der Waals surface area contributed by atoms with Crippen LogP contribution in [0.1, 0.15) is 51.3 Å². The molecule has 102 valence electrons. The van der Waals surface area contributed by atoms with Crippen LogP contribution in [0.15, 0.2) is 30.4 Å². The van der Waals surface area contributed by atoms with Gasteiger partial charge in [0.1, 0.15) is 0 Å². The summed E-state index contributed by atoms with van der Waals surface area (Å²) in [7, 11) is 0. The van der Waals surface area contributed by atoms with Gasteiger partial charge in [-0.15, -0.1) is 0 Å². The van der Waals surface area contributed by atoms with E-state index in [-0.39, 0.29) is 0 Å². The second kappa shape index (κ2) is 8.13. The normalized spacial score (nSPS) is 11.8. The van der Waals surface area contributed by atoms with Crippen molar-refractivity contribution < 1.29 is 0 Å². The summed E-state index contributed by atoms with van der Waals surface area (Å²) in [5, 5.41) is 0. The van der Waals surface area contributed by atoms with Crippen LogP contribution >= 0.6 is 0 Å². The third-order valence-electron chi connectivity index (χ3n) is 2.87. The van der Waals surface area contributed by atoms with Gasteiger partial charge in [-0.1, -0.05) is 63.6 Å². The summed E-state index contributed by atoms with van der Waals surface area (Å²) < 4.78 is 0. The van der Waals surface area contributed by atoms with Crippen molar-refractivity contribution >= 4 is 0 Å². The summed E-state index contributed by atoms with van der Waals surface area (Å²) in [6.07, 6.45) is 1.11. The first-order chi connectivity index (χ1) is 8.23. The molecule has 0 heteroatoms. The maximum absolute atomic E-state index is 4.00. The molecule has 18 heavy (non-hydrogen) atoms. The first-order valence-electron chi connectivity index (χ1n) is 6.95. The monoisotopic (exact) mass is 246 g/mol. The van der Waals surface area contributed by atoms with Crippen molar-refractivity contribution in [3.05, 3.63) is 47.0 Å². The predicted molar refractivity (Wildman–Crippen MR) is 84.1 cm³/mol. The molecule has 1 aromatic rings. The van der Waals surface area contributed by atoms with Crippen LogP contribution in [-0.4, -0.2) is 0 Å². The molecule has 0 fully saturated rings. The van der Waals surface area contributed by atoms with Gasteiger partial charge in [0.2, 0.25) is 0 Å². The molecule has 0 bridgehead atoms. The zero-order valence-electron chi connectivity index (χ0n) is 13.3. The summed E-state index contributed by atoms with van der Waals surface area (Å²) in [6.45, 7) is 19.2. The highest BCUT2D eigenvalue weighted by Crippen LogP contribution is 2.18. The first-order valence-corrected chi connectivity index (χ1v) is 6.95. The SMILES string of the molecule is C=C(C)C(C)Cc1cc(C)ccc1C.CC(C)C. The van der Waals surface area contributed by atoms with Crippen molar-refractivity contribution in [2.45, 2.75) is 54.9 Å². The van der Waals surface area contributed by atoms with Gasteiger partial charge in [-0.25, -0.2) is 0 Å². The zero-order valence-corrected chi connectivity index (χ0v) is 13.3. The zero-order chi connectivity index (χ0) is 14.3. The molecular formula is C18H30. The molecule has 0 N–H and O–H groups in total. The molecule has 0 saturated carbocycles. The Morgan fingerprint density at radius 1 is 1.11 bits per heavy atom. The van der Waals surface area contributed by atoms with Gasteiger partial charge in [-0.3, -0.25) is 0 Å². The third-order valence-corrected chi connectivity index (χ3v) is 2.87. The van der Waals surface area contributed by atoms with Crippen molar-refractivity contribution in [1.29, 1.82) is 0 Å². The Hall–Kier alpha value is -1.04. The van der Waals surface area contributed by atoms with Gasteiger partial charge in [-0.05, 0) is 50.2 Å². The second-order valence-electron chi connectivity index (χ2n) is 6.11. The van der Waals surface area contributed by atoms with E-state index >= 15 is 0 Å². The standard InChI is InChI=1S/C14H20.C4H10/c1-10(2)13(5)9-14-8-11(3)6-7-12(14)4;1-4(2)3/h6-8,13H,1,9H2,2-5H3;4H,1-3H3. The average molecular weight is 246 g/mol. The lowest BCUT2D eigenvalue weighted by Gasteiger charge is -2.13. The van der Waals surface area contributed by atoms with E-state index in [0.717, 1.165) is 12.3 Å². The molecule has 0 aliphatic carbocycles. The number of rotatable bonds is 3. The van der Waals surface area contributed by atoms with Crippen LogP contribution < -0.4 is 0 Å². The van der Waals surface area contributed by atoms with Crippen LogP contribution in [0.2, 0.25) is 0 Å². The smallest absolute Gasteiger partial charge is 0.0197 e. The molecule has 1 atom stereocenters. The Morgan fingerprint density at radius 3 is 2.06 bits per heavy atom. The van der Waals surface area contributed by atoms with Crippen molar-refractivity contribution in [1.82, 2.24) is 0 Å². The summed E-state index contributed by atoms with van der Waals surface area (Å²) in [6, 6.07) is 6.66. The van der Waals surface area contributed by atoms with E-state index in [4.69, 9.17) is 0 Å². The molecular weight excluding hydrogens is 216 g/mol. The minimum atomic E-state index is 0.579. The highest BCUT2D eigenvalue weighted by molar-refractivity contribution is 5.31. The van der Waals surface area contributed by atoms with Gasteiger partial charge >= 0.3 is 0 Å². The fraction of sp³-hybridized carbons (Fsp3) is 0.556. The van der Waals surface area contributed by atoms with Crippen molar-refractivity contribution in [3.63, 3.8) is 0 Å². The van der Waals surface area contributed by atoms with Gasteiger partial charge in [0, 0.05) is 0 Å². The van der Waals surface area contributed by atoms with E-state index in [1.165, 1.54) is 22.3 Å². The number of aryl methyl sites for hydroxylation is 2. The molecule has 1 rings (SSSR count). The van der Waals surface area contributed by atoms with E-state index in [1.807, 2.05) is 0 Å². The summed E-state index contributed by atoms with van der Waals surface area (Å²) in [5.41, 5.74) is 5.47. The molecule has 0 aliphatic rings. The fourth-order valence-corrected chi connectivity index (χ4v) is 1.52. The fourth-order valence-electron chi connectivity index (χ4n) is 1.52. The molecule has 0 heterocycles. The van der Waals surface area contributed by atoms with Crippen molar-refractivity contribution in [2.75, 3.05) is 0 Å². The van der Waals surface area contributed by atoms with Crippen LogP contribution in [0.3, 0.4) is 0 Å². The minimum absolute atomic E-state index is 0.579. The topological polar surface area (TPSA) is 0 Å². The molecule has 0 saturated heterocycles. The third kappa shape index (κ3) is 7.32. The molecule has 0 aromatic heterocycles. The number of benzene rings is 1. The number of allylic oxidation sites excluding steroid dienone is 1. The highest BCUT2D eigenvalue weighted by atomic mass is 14.1. The summed E-state index contributed by atoms with van der Waals surface area (Å²) >= 11 is 0. The second-order valence-corrected chi connectivity index (χ2v) is 6.11. The maximum atomic E-state index is 4.00. The Balaban J connectivity index is 0.000000631. The molecule has 0 aliphatic heterocycles. The van der Waals surface area contributed by atoms with Gasteiger partial charge < -0.3 is 0 Å². The van der Waals surface area contributed by atoms with Crippen molar-refractivity contribution in [3.8, 4) is 0 Å². The Morgan fingerprint density at radius 2 is 1.61 bits per heavy atom. The summed E-state index contributed by atoms with van der Waals surface area (Å²) in [4.78, 5) is 0. The molecule has 0 radical (unpaired) electrons. The van der Waals surface area contributed by atoms with Crippen molar-refractivity contribution in [2.24, 2.45) is 11.8 Å². The lowest BCUT2D eigenvalue weighted by Crippen LogP contribution is -2.02. The van der Waals surface area contributed by atoms with Gasteiger partial charge in [0.15, 0.2) is 0 Å². The highest BCUT2D eigenvalue weighted by Gasteiger charge is 2.06. The maximum Gasteiger partial charge on any atom is -0.0197 e. The Bertz CT molecular complexity index is 369. The van der Waals surface area contributed by atoms with Crippen LogP contribution in [0.25, 0.3) is 0 Å². The van der Waals surface area contributed by atoms with E-state index in [2.05, 4.69) is 73.2 Å². The molecule has 0 amide bonds. The average Bonchev–Trinajstić information content (AvgIpc) is 2.22. The molecule has 1 unspecified atom stereocenters. The van der Waals surface area contributed by atoms with E-state index in [1.54, 1.807) is 0 Å². The lowest BCUT2D eigenvalue weighted by molar-refractivity contribution is 0.677. The first kappa shape index (κ1) is 17.0. The number of hydrogen-bond acceptors (Lipinski definition) is 0. The van der Waals surface area contributed by atoms with E-state index < -0.39 is 0 Å². The minimum Gasteiger partial charge on any atom is -0.0999 e. The van der Waals surface area contributed by atoms with Crippen LogP contribution in [0.5, 0.6) is 0 Å². The quantitative estimate of drug-likeness (QED) is 0.598. The van der Waals surface area contributed by atoms with E-state index in [9.17, 15) is 0 Å². The van der Waals surface area contributed by atoms with Gasteiger partial charge in [-0.2, -0.15) is 0 Å². The lowest BCUT2D eigenvalue weighted by atomic mass is 9.92. The molecule has 0 nitrogen and oxygen atoms in total. The summed E-state index contributed by atoms with van der Waals surface area (Å²) in [5.74, 6) is 1.41. The molecule has 1 aromatic carbocycles. The Kier molecular flexibility index (Phi) is 7.66. The van der Waals surface area contributed by atoms with Gasteiger partial charge in [0.25, 0.3) is 0 Å². The largest absolute Gasteiger partial charge is 0.0999 e. The van der Waals surface area contributed by atoms with Crippen LogP contribution in [0, 0.1) is 25.7 Å².